The van der Waals surface area contributed by atoms with Crippen LogP contribution in [0.1, 0.15) is 43.1 Å². The molecule has 3 N–H and O–H groups in total. The van der Waals surface area contributed by atoms with Crippen LogP contribution in [0.15, 0.2) is 34.9 Å². The van der Waals surface area contributed by atoms with Gasteiger partial charge in [-0.3, -0.25) is 0 Å². The quantitative estimate of drug-likeness (QED) is 0.510. The zero-order valence-electron chi connectivity index (χ0n) is 19.3. The molecule has 130 valence electrons. The van der Waals surface area contributed by atoms with E-state index in [1.54, 1.807) is 25.3 Å². The number of nitrogens with one attached hydrogen (secondary N) is 1. The van der Waals surface area contributed by atoms with Crippen LogP contribution in [-0.4, -0.2) is 16.0 Å². The van der Waals surface area contributed by atoms with E-state index >= 15 is 0 Å². The summed E-state index contributed by atoms with van der Waals surface area (Å²) in [5.74, 6) is -0.0660. The fourth-order valence-electron chi connectivity index (χ4n) is 2.71. The number of aromatic nitrogens is 2. The normalized spacial score (nSPS) is 28.6. The van der Waals surface area contributed by atoms with Crippen molar-refractivity contribution in [3.05, 3.63) is 52.0 Å². The first kappa shape index (κ1) is 11.0. The maximum atomic E-state index is 8.48. The van der Waals surface area contributed by atoms with E-state index in [1.807, 2.05) is 0 Å². The lowest BCUT2D eigenvalue weighted by Gasteiger charge is -2.24. The lowest BCUT2D eigenvalue weighted by atomic mass is 9.87. The second-order valence-electron chi connectivity index (χ2n) is 5.59. The number of halogens is 1. The maximum absolute atomic E-state index is 8.48. The predicted molar refractivity (Wildman–Crippen MR) is 102 cm³/mol. The smallest absolute Gasteiger partial charge is 0.224 e. The average Bonchev–Trinajstić information content (AvgIpc) is 3.33. The van der Waals surface area contributed by atoms with E-state index in [4.69, 9.17) is 30.0 Å². The van der Waals surface area contributed by atoms with Gasteiger partial charge in [0.15, 0.2) is 0 Å². The Kier molecular flexibility index (Phi) is 2.97. The van der Waals surface area contributed by atoms with Crippen molar-refractivity contribution >= 4 is 39.0 Å². The number of thiophene rings is 1. The molecule has 0 radical (unpaired) electrons. The molecule has 0 unspecified atom stereocenters. The number of allylic oxidation sites excluding steroid dienone is 1. The van der Waals surface area contributed by atoms with Crippen molar-refractivity contribution in [2.45, 2.75) is 38.2 Å². The number of rotatable bonds is 4. The summed E-state index contributed by atoms with van der Waals surface area (Å²) >= 11 is 7.30. The minimum Gasteiger partial charge on any atom is -0.467 e. The molecule has 4 rings (SSSR count). The van der Waals surface area contributed by atoms with Crippen LogP contribution in [0, 0.1) is 6.92 Å². The third-order valence-corrected chi connectivity index (χ3v) is 5.50. The van der Waals surface area contributed by atoms with Crippen LogP contribution in [0.25, 0.3) is 10.2 Å². The number of nitrogens with two attached hydrogens (primary N) is 1. The Balaban J connectivity index is 1.85. The second kappa shape index (κ2) is 6.78. The highest BCUT2D eigenvalue weighted by Gasteiger charge is 2.26. The van der Waals surface area contributed by atoms with Crippen LogP contribution in [0.4, 0.5) is 5.82 Å². The number of nitrogens with zero attached hydrogens (tertiary/aromatic N) is 2. The Morgan fingerprint density at radius 1 is 1.48 bits per heavy atom. The SMILES string of the molecule is [2H]C1=C([2H])C([2H])([2H])[C@H](c2sc3c(NCc4ccco4)nc(Cl)nc3c2C)[C@@H](N)C1([2H])[2H]. The van der Waals surface area contributed by atoms with E-state index in [9.17, 15) is 0 Å². The minimum atomic E-state index is -2.35. The number of hydrogen-bond donors (Lipinski definition) is 2. The molecule has 1 aliphatic carbocycles. The third-order valence-electron chi connectivity index (χ3n) is 3.96. The van der Waals surface area contributed by atoms with Crippen LogP contribution in [0.5, 0.6) is 0 Å². The lowest BCUT2D eigenvalue weighted by molar-refractivity contribution is 0.518. The topological polar surface area (TPSA) is 77.0 Å². The molecule has 0 saturated carbocycles. The van der Waals surface area contributed by atoms with Crippen molar-refractivity contribution in [1.29, 1.82) is 0 Å². The van der Waals surface area contributed by atoms with Gasteiger partial charge in [0.2, 0.25) is 5.28 Å². The zero-order valence-corrected chi connectivity index (χ0v) is 14.8. The number of fused-ring (bicyclic) bond motifs is 1. The summed E-state index contributed by atoms with van der Waals surface area (Å²) in [6, 6.07) is 0.764. The van der Waals surface area contributed by atoms with Gasteiger partial charge in [0, 0.05) is 22.3 Å². The minimum absolute atomic E-state index is 0.00250. The van der Waals surface area contributed by atoms with Gasteiger partial charge in [-0.05, 0) is 49.0 Å². The molecule has 7 heteroatoms. The van der Waals surface area contributed by atoms with E-state index < -0.39 is 36.8 Å². The van der Waals surface area contributed by atoms with Crippen LogP contribution in [0.3, 0.4) is 0 Å². The van der Waals surface area contributed by atoms with Crippen molar-refractivity contribution in [3.8, 4) is 0 Å². The molecule has 1 aliphatic rings. The molecule has 3 heterocycles. The van der Waals surface area contributed by atoms with Crippen molar-refractivity contribution in [2.24, 2.45) is 5.73 Å². The van der Waals surface area contributed by atoms with E-state index in [0.29, 0.717) is 38.8 Å². The van der Waals surface area contributed by atoms with E-state index in [2.05, 4.69) is 15.3 Å². The van der Waals surface area contributed by atoms with Crippen molar-refractivity contribution in [1.82, 2.24) is 9.97 Å². The number of aryl methyl sites for hydroxylation is 1. The molecule has 3 aromatic heterocycles. The van der Waals surface area contributed by atoms with Gasteiger partial charge in [-0.25, -0.2) is 4.98 Å². The first-order valence-corrected chi connectivity index (χ1v) is 8.82. The van der Waals surface area contributed by atoms with E-state index in [0.717, 1.165) is 0 Å². The van der Waals surface area contributed by atoms with E-state index in [-0.39, 0.29) is 5.28 Å². The molecule has 2 atom stereocenters. The van der Waals surface area contributed by atoms with Crippen LogP contribution in [0.2, 0.25) is 5.28 Å². The van der Waals surface area contributed by atoms with Crippen LogP contribution in [-0.2, 0) is 6.54 Å². The molecule has 0 fully saturated rings. The average molecular weight is 381 g/mol. The Bertz CT molecular complexity index is 1180. The standard InChI is InChI=1S/C18H19ClN4OS/c1-10-14-16(25-15(10)12-6-2-3-7-13(12)20)17(23-18(19)22-14)21-9-11-5-4-8-24-11/h2-5,8,12-13H,6-7,9,20H2,1H3,(H,21,22,23)/t12-,13-/m0/s1/i2D,3D,6D2,7D2. The largest absolute Gasteiger partial charge is 0.467 e. The van der Waals surface area contributed by atoms with Crippen LogP contribution >= 0.6 is 22.9 Å². The Labute approximate surface area is 163 Å². The van der Waals surface area contributed by atoms with Gasteiger partial charge in [0.05, 0.1) is 25.8 Å². The van der Waals surface area contributed by atoms with Crippen molar-refractivity contribution < 1.29 is 12.6 Å². The van der Waals surface area contributed by atoms with Gasteiger partial charge in [-0.1, -0.05) is 12.1 Å². The van der Waals surface area contributed by atoms with Gasteiger partial charge in [0.1, 0.15) is 11.6 Å². The number of furan rings is 1. The molecule has 25 heavy (non-hydrogen) atoms. The summed E-state index contributed by atoms with van der Waals surface area (Å²) in [5.41, 5.74) is 7.25. The van der Waals surface area contributed by atoms with Crippen molar-refractivity contribution in [3.63, 3.8) is 0 Å². The highest BCUT2D eigenvalue weighted by molar-refractivity contribution is 7.20. The summed E-state index contributed by atoms with van der Waals surface area (Å²) < 4.78 is 55.3. The highest BCUT2D eigenvalue weighted by Crippen LogP contribution is 2.42. The zero-order chi connectivity index (χ0) is 22.7. The third kappa shape index (κ3) is 3.17. The molecule has 0 amide bonds. The van der Waals surface area contributed by atoms with Gasteiger partial charge in [-0.15, -0.1) is 11.3 Å². The fraction of sp³-hybridized carbons (Fsp3) is 0.333. The highest BCUT2D eigenvalue weighted by atomic mass is 35.5. The van der Waals surface area contributed by atoms with Gasteiger partial charge in [-0.2, -0.15) is 4.98 Å². The molecule has 0 saturated heterocycles. The number of anilines is 1. The van der Waals surface area contributed by atoms with Gasteiger partial charge in [0.25, 0.3) is 0 Å². The first-order valence-electron chi connectivity index (χ1n) is 10.6. The molecular weight excluding hydrogens is 356 g/mol. The first-order chi connectivity index (χ1) is 14.5. The van der Waals surface area contributed by atoms with Gasteiger partial charge >= 0.3 is 0 Å². The Morgan fingerprint density at radius 3 is 3.12 bits per heavy atom. The van der Waals surface area contributed by atoms with Crippen LogP contribution < -0.4 is 11.1 Å². The molecule has 0 aromatic carbocycles. The molecule has 3 aromatic rings. The molecular formula is C18H19ClN4OS. The van der Waals surface area contributed by atoms with E-state index in [1.165, 1.54) is 11.3 Å². The monoisotopic (exact) mass is 380 g/mol. The summed E-state index contributed by atoms with van der Waals surface area (Å²) in [5, 5.41) is 3.15. The second-order valence-corrected chi connectivity index (χ2v) is 6.98. The molecule has 5 nitrogen and oxygen atoms in total. The summed E-state index contributed by atoms with van der Waals surface area (Å²) in [4.78, 5) is 8.99. The Hall–Kier alpha value is -1.89. The Morgan fingerprint density at radius 2 is 2.32 bits per heavy atom. The summed E-state index contributed by atoms with van der Waals surface area (Å²) in [6.45, 7) is 2.07. The molecule has 0 spiro atoms. The molecule has 0 aliphatic heterocycles. The fourth-order valence-corrected chi connectivity index (χ4v) is 4.19. The predicted octanol–water partition coefficient (Wildman–Crippen LogP) is 4.62. The van der Waals surface area contributed by atoms with Crippen molar-refractivity contribution in [2.75, 3.05) is 5.32 Å². The molecule has 0 bridgehead atoms. The summed E-state index contributed by atoms with van der Waals surface area (Å²) in [7, 11) is 0. The summed E-state index contributed by atoms with van der Waals surface area (Å²) in [6.07, 6.45) is -3.12. The van der Waals surface area contributed by atoms with Gasteiger partial charge < -0.3 is 15.5 Å². The maximum Gasteiger partial charge on any atom is 0.224 e. The lowest BCUT2D eigenvalue weighted by Crippen LogP contribution is -2.29. The number of hydrogen-bond acceptors (Lipinski definition) is 6.